The lowest BCUT2D eigenvalue weighted by atomic mass is 10.1. The van der Waals surface area contributed by atoms with Gasteiger partial charge in [-0.1, -0.05) is 6.92 Å². The highest BCUT2D eigenvalue weighted by molar-refractivity contribution is 5.98. The van der Waals surface area contributed by atoms with Crippen LogP contribution in [0, 0.1) is 5.92 Å². The maximum atomic E-state index is 10.9. The van der Waals surface area contributed by atoms with Crippen molar-refractivity contribution in [3.05, 3.63) is 0 Å². The molecule has 1 unspecified atom stereocenters. The highest BCUT2D eigenvalue weighted by atomic mass is 16.6. The minimum Gasteiger partial charge on any atom is -0.396 e. The summed E-state index contributed by atoms with van der Waals surface area (Å²) in [6.45, 7) is 2.74. The predicted octanol–water partition coefficient (Wildman–Crippen LogP) is 0.0538. The molecule has 0 aromatic rings. The van der Waals surface area contributed by atoms with Gasteiger partial charge in [-0.3, -0.25) is 14.4 Å². The molecular weight excluding hydrogens is 188 g/mol. The molecule has 0 aromatic heterocycles. The summed E-state index contributed by atoms with van der Waals surface area (Å²) in [4.78, 5) is 32.2. The molecule has 0 bridgehead atoms. The summed E-state index contributed by atoms with van der Waals surface area (Å²) in [5, 5.41) is 8.62. The van der Waals surface area contributed by atoms with E-state index in [9.17, 15) is 14.4 Å². The Labute approximate surface area is 82.1 Å². The SMILES string of the molecule is CC(=O)CC(=O)OC(=O)CC(C)CO. The molecule has 0 amide bonds. The van der Waals surface area contributed by atoms with E-state index >= 15 is 0 Å². The van der Waals surface area contributed by atoms with Gasteiger partial charge in [0.2, 0.25) is 0 Å². The number of ketones is 1. The Hall–Kier alpha value is -1.23. The van der Waals surface area contributed by atoms with E-state index in [0.717, 1.165) is 0 Å². The number of hydrogen-bond acceptors (Lipinski definition) is 5. The normalized spacial score (nSPS) is 11.9. The van der Waals surface area contributed by atoms with Crippen LogP contribution in [0.25, 0.3) is 0 Å². The Morgan fingerprint density at radius 2 is 1.86 bits per heavy atom. The third kappa shape index (κ3) is 6.30. The number of rotatable bonds is 5. The summed E-state index contributed by atoms with van der Waals surface area (Å²) in [7, 11) is 0. The van der Waals surface area contributed by atoms with Gasteiger partial charge < -0.3 is 9.84 Å². The zero-order valence-electron chi connectivity index (χ0n) is 8.28. The molecule has 0 fully saturated rings. The van der Waals surface area contributed by atoms with Crippen LogP contribution >= 0.6 is 0 Å². The van der Waals surface area contributed by atoms with Crippen molar-refractivity contribution in [1.82, 2.24) is 0 Å². The van der Waals surface area contributed by atoms with Gasteiger partial charge in [-0.15, -0.1) is 0 Å². The largest absolute Gasteiger partial charge is 0.396 e. The third-order valence-corrected chi connectivity index (χ3v) is 1.45. The van der Waals surface area contributed by atoms with Crippen LogP contribution in [-0.4, -0.2) is 29.4 Å². The fourth-order valence-electron chi connectivity index (χ4n) is 0.757. The summed E-state index contributed by atoms with van der Waals surface area (Å²) in [6.07, 6.45) is -0.417. The van der Waals surface area contributed by atoms with Crippen molar-refractivity contribution in [2.24, 2.45) is 5.92 Å². The zero-order chi connectivity index (χ0) is 11.1. The summed E-state index contributed by atoms with van der Waals surface area (Å²) in [6, 6.07) is 0. The number of esters is 2. The molecule has 0 aliphatic heterocycles. The first-order valence-corrected chi connectivity index (χ1v) is 4.29. The maximum Gasteiger partial charge on any atom is 0.320 e. The van der Waals surface area contributed by atoms with Crippen LogP contribution in [0.1, 0.15) is 26.7 Å². The Balaban J connectivity index is 3.82. The molecule has 0 heterocycles. The van der Waals surface area contributed by atoms with Crippen LogP contribution in [0.5, 0.6) is 0 Å². The van der Waals surface area contributed by atoms with Gasteiger partial charge >= 0.3 is 11.9 Å². The molecule has 14 heavy (non-hydrogen) atoms. The Kier molecular flexibility index (Phi) is 5.71. The molecule has 5 heteroatoms. The summed E-state index contributed by atoms with van der Waals surface area (Å²) in [5.41, 5.74) is 0. The van der Waals surface area contributed by atoms with E-state index in [2.05, 4.69) is 4.74 Å². The first-order chi connectivity index (χ1) is 6.45. The van der Waals surface area contributed by atoms with Crippen LogP contribution in [0.4, 0.5) is 0 Å². The van der Waals surface area contributed by atoms with Crippen molar-refractivity contribution < 1.29 is 24.2 Å². The van der Waals surface area contributed by atoms with Crippen LogP contribution in [0.2, 0.25) is 0 Å². The Morgan fingerprint density at radius 1 is 1.29 bits per heavy atom. The number of carbonyl (C=O) groups excluding carboxylic acids is 3. The quantitative estimate of drug-likeness (QED) is 0.503. The van der Waals surface area contributed by atoms with Crippen LogP contribution < -0.4 is 0 Å². The fraction of sp³-hybridized carbons (Fsp3) is 0.667. The fourth-order valence-corrected chi connectivity index (χ4v) is 0.757. The molecule has 5 nitrogen and oxygen atoms in total. The summed E-state index contributed by atoms with van der Waals surface area (Å²) >= 11 is 0. The van der Waals surface area contributed by atoms with Crippen molar-refractivity contribution in [2.75, 3.05) is 6.61 Å². The van der Waals surface area contributed by atoms with Gasteiger partial charge in [0.1, 0.15) is 12.2 Å². The first kappa shape index (κ1) is 12.8. The molecule has 0 saturated heterocycles. The summed E-state index contributed by atoms with van der Waals surface area (Å²) < 4.78 is 4.32. The van der Waals surface area contributed by atoms with Crippen molar-refractivity contribution in [3.63, 3.8) is 0 Å². The van der Waals surface area contributed by atoms with Crippen molar-refractivity contribution >= 4 is 17.7 Å². The van der Waals surface area contributed by atoms with E-state index in [1.807, 2.05) is 0 Å². The van der Waals surface area contributed by atoms with Crippen molar-refractivity contribution in [1.29, 1.82) is 0 Å². The number of aliphatic hydroxyl groups is 1. The minimum absolute atomic E-state index is 0.0276. The molecule has 0 aliphatic carbocycles. The van der Waals surface area contributed by atoms with Crippen molar-refractivity contribution in [2.45, 2.75) is 26.7 Å². The second-order valence-corrected chi connectivity index (χ2v) is 3.22. The van der Waals surface area contributed by atoms with Gasteiger partial charge in [-0.05, 0) is 12.8 Å². The predicted molar refractivity (Wildman–Crippen MR) is 47.3 cm³/mol. The highest BCUT2D eigenvalue weighted by Crippen LogP contribution is 2.02. The molecule has 80 valence electrons. The van der Waals surface area contributed by atoms with Gasteiger partial charge in [-0.25, -0.2) is 0 Å². The van der Waals surface area contributed by atoms with Gasteiger partial charge in [0, 0.05) is 6.61 Å². The van der Waals surface area contributed by atoms with E-state index in [1.54, 1.807) is 6.92 Å². The molecule has 0 aromatic carbocycles. The van der Waals surface area contributed by atoms with E-state index < -0.39 is 11.9 Å². The second-order valence-electron chi connectivity index (χ2n) is 3.22. The Morgan fingerprint density at radius 3 is 2.29 bits per heavy atom. The van der Waals surface area contributed by atoms with Crippen molar-refractivity contribution in [3.8, 4) is 0 Å². The molecule has 0 spiro atoms. The molecule has 1 atom stereocenters. The van der Waals surface area contributed by atoms with Gasteiger partial charge in [0.05, 0.1) is 6.42 Å². The lowest BCUT2D eigenvalue weighted by Crippen LogP contribution is -2.17. The molecule has 0 radical (unpaired) electrons. The lowest BCUT2D eigenvalue weighted by molar-refractivity contribution is -0.160. The molecule has 0 aliphatic rings. The number of Topliss-reactive ketones (excluding diaryl/α,β-unsaturated/α-hetero) is 1. The lowest BCUT2D eigenvalue weighted by Gasteiger charge is -2.05. The van der Waals surface area contributed by atoms with Gasteiger partial charge in [-0.2, -0.15) is 0 Å². The molecule has 0 rings (SSSR count). The van der Waals surface area contributed by atoms with Gasteiger partial charge in [0.25, 0.3) is 0 Å². The zero-order valence-corrected chi connectivity index (χ0v) is 8.28. The van der Waals surface area contributed by atoms with Crippen LogP contribution in [0.3, 0.4) is 0 Å². The third-order valence-electron chi connectivity index (χ3n) is 1.45. The number of aliphatic hydroxyl groups excluding tert-OH is 1. The van der Waals surface area contributed by atoms with E-state index in [0.29, 0.717) is 0 Å². The minimum atomic E-state index is -0.840. The smallest absolute Gasteiger partial charge is 0.320 e. The standard InChI is InChI=1S/C9H14O5/c1-6(5-10)3-8(12)14-9(13)4-7(2)11/h6,10H,3-5H2,1-2H3. The first-order valence-electron chi connectivity index (χ1n) is 4.29. The van der Waals surface area contributed by atoms with Gasteiger partial charge in [0.15, 0.2) is 0 Å². The number of hydrogen-bond donors (Lipinski definition) is 1. The van der Waals surface area contributed by atoms with E-state index in [4.69, 9.17) is 5.11 Å². The monoisotopic (exact) mass is 202 g/mol. The average Bonchev–Trinajstić information content (AvgIpc) is 2.01. The number of ether oxygens (including phenoxy) is 1. The van der Waals surface area contributed by atoms with E-state index in [1.165, 1.54) is 6.92 Å². The maximum absolute atomic E-state index is 10.9. The van der Waals surface area contributed by atoms with Crippen LogP contribution in [0.15, 0.2) is 0 Å². The van der Waals surface area contributed by atoms with Crippen LogP contribution in [-0.2, 0) is 19.1 Å². The Bertz CT molecular complexity index is 233. The molecular formula is C9H14O5. The highest BCUT2D eigenvalue weighted by Gasteiger charge is 2.14. The summed E-state index contributed by atoms with van der Waals surface area (Å²) in [5.74, 6) is -2.14. The second kappa shape index (κ2) is 6.26. The number of carbonyl (C=O) groups is 3. The molecule has 0 saturated carbocycles. The average molecular weight is 202 g/mol. The van der Waals surface area contributed by atoms with E-state index in [-0.39, 0.29) is 31.1 Å². The molecule has 1 N–H and O–H groups in total. The topological polar surface area (TPSA) is 80.7 Å².